The van der Waals surface area contributed by atoms with Crippen molar-refractivity contribution in [1.82, 2.24) is 9.62 Å². The van der Waals surface area contributed by atoms with Gasteiger partial charge in [-0.2, -0.15) is 4.31 Å². The Kier molecular flexibility index (Phi) is 5.67. The highest BCUT2D eigenvalue weighted by molar-refractivity contribution is 7.89. The molecule has 154 valence electrons. The van der Waals surface area contributed by atoms with E-state index in [1.165, 1.54) is 22.5 Å². The molecular formula is C21H25FN3O3S+. The first-order valence-corrected chi connectivity index (χ1v) is 11.4. The Morgan fingerprint density at radius 2 is 1.66 bits per heavy atom. The molecule has 8 heteroatoms. The number of carbonyl (C=O) groups is 1. The number of benzene rings is 2. The molecule has 2 aromatic rings. The number of rotatable bonds is 6. The van der Waals surface area contributed by atoms with Crippen LogP contribution in [0.25, 0.3) is 0 Å². The summed E-state index contributed by atoms with van der Waals surface area (Å²) in [6.07, 6.45) is 2.02. The third-order valence-electron chi connectivity index (χ3n) is 5.55. The van der Waals surface area contributed by atoms with Gasteiger partial charge < -0.3 is 10.2 Å². The molecule has 1 heterocycles. The van der Waals surface area contributed by atoms with Crippen LogP contribution in [-0.4, -0.2) is 50.9 Å². The maximum atomic E-state index is 14.0. The molecule has 1 aliphatic heterocycles. The molecule has 0 bridgehead atoms. The lowest BCUT2D eigenvalue weighted by Gasteiger charge is -2.35. The molecule has 4 rings (SSSR count). The van der Waals surface area contributed by atoms with Crippen molar-refractivity contribution in [1.29, 1.82) is 0 Å². The van der Waals surface area contributed by atoms with Gasteiger partial charge in [0.25, 0.3) is 5.91 Å². The maximum absolute atomic E-state index is 14.0. The third-order valence-corrected chi connectivity index (χ3v) is 7.48. The first-order chi connectivity index (χ1) is 14.0. The summed E-state index contributed by atoms with van der Waals surface area (Å²) in [5.41, 5.74) is 0.922. The number of sulfonamides is 1. The second kappa shape index (κ2) is 8.22. The Balaban J connectivity index is 1.50. The monoisotopic (exact) mass is 418 g/mol. The van der Waals surface area contributed by atoms with Crippen LogP contribution in [-0.2, 0) is 14.8 Å². The third kappa shape index (κ3) is 4.34. The van der Waals surface area contributed by atoms with Crippen LogP contribution in [0.5, 0.6) is 0 Å². The van der Waals surface area contributed by atoms with Crippen LogP contribution in [0.2, 0.25) is 0 Å². The normalized spacial score (nSPS) is 19.6. The van der Waals surface area contributed by atoms with Crippen molar-refractivity contribution in [3.63, 3.8) is 0 Å². The van der Waals surface area contributed by atoms with Crippen LogP contribution in [0, 0.1) is 5.82 Å². The summed E-state index contributed by atoms with van der Waals surface area (Å²) in [4.78, 5) is 13.7. The van der Waals surface area contributed by atoms with E-state index in [2.05, 4.69) is 5.32 Å². The molecule has 1 aliphatic carbocycles. The molecule has 1 saturated carbocycles. The molecule has 0 spiro atoms. The van der Waals surface area contributed by atoms with Crippen molar-refractivity contribution in [2.24, 2.45) is 0 Å². The fraction of sp³-hybridized carbons (Fsp3) is 0.381. The largest absolute Gasteiger partial charge is 0.348 e. The Hall–Kier alpha value is -2.29. The van der Waals surface area contributed by atoms with Crippen LogP contribution in [0.1, 0.15) is 24.4 Å². The van der Waals surface area contributed by atoms with Gasteiger partial charge in [0.15, 0.2) is 6.04 Å². The number of nitrogens with one attached hydrogen (secondary N) is 2. The van der Waals surface area contributed by atoms with Gasteiger partial charge in [-0.15, -0.1) is 0 Å². The van der Waals surface area contributed by atoms with Crippen molar-refractivity contribution in [2.75, 3.05) is 26.2 Å². The lowest BCUT2D eigenvalue weighted by Crippen LogP contribution is -3.16. The van der Waals surface area contributed by atoms with E-state index in [0.717, 1.165) is 29.4 Å². The Morgan fingerprint density at radius 1 is 1.03 bits per heavy atom. The van der Waals surface area contributed by atoms with Gasteiger partial charge in [0.1, 0.15) is 10.7 Å². The maximum Gasteiger partial charge on any atom is 0.283 e. The molecule has 0 aromatic heterocycles. The van der Waals surface area contributed by atoms with Gasteiger partial charge in [0.2, 0.25) is 10.0 Å². The lowest BCUT2D eigenvalue weighted by atomic mass is 10.0. The van der Waals surface area contributed by atoms with E-state index >= 15 is 0 Å². The van der Waals surface area contributed by atoms with E-state index in [4.69, 9.17) is 0 Å². The molecular weight excluding hydrogens is 393 g/mol. The first-order valence-electron chi connectivity index (χ1n) is 9.91. The predicted molar refractivity (Wildman–Crippen MR) is 106 cm³/mol. The average Bonchev–Trinajstić information content (AvgIpc) is 3.53. The summed E-state index contributed by atoms with van der Waals surface area (Å²) >= 11 is 0. The summed E-state index contributed by atoms with van der Waals surface area (Å²) < 4.78 is 41.0. The standard InChI is InChI=1S/C21H24FN3O3S/c22-18-8-4-5-9-19(18)29(27,28)25-14-12-24(13-15-25)20(16-6-2-1-3-7-16)21(26)23-17-10-11-17/h1-9,17,20H,10-15H2,(H,23,26)/p+1/t20-/m1/s1. The Bertz CT molecular complexity index is 972. The smallest absolute Gasteiger partial charge is 0.283 e. The van der Waals surface area contributed by atoms with Crippen LogP contribution in [0.3, 0.4) is 0 Å². The van der Waals surface area contributed by atoms with Crippen molar-refractivity contribution in [2.45, 2.75) is 29.8 Å². The number of quaternary nitrogens is 1. The summed E-state index contributed by atoms with van der Waals surface area (Å²) in [6.45, 7) is 1.44. The molecule has 2 fully saturated rings. The van der Waals surface area contributed by atoms with Crippen molar-refractivity contribution in [3.8, 4) is 0 Å². The summed E-state index contributed by atoms with van der Waals surface area (Å²) in [5, 5.41) is 3.08. The van der Waals surface area contributed by atoms with Gasteiger partial charge in [0, 0.05) is 11.6 Å². The lowest BCUT2D eigenvalue weighted by molar-refractivity contribution is -0.925. The number of piperazine rings is 1. The van der Waals surface area contributed by atoms with Crippen LogP contribution >= 0.6 is 0 Å². The molecule has 0 unspecified atom stereocenters. The second-order valence-electron chi connectivity index (χ2n) is 7.62. The minimum Gasteiger partial charge on any atom is -0.348 e. The molecule has 6 nitrogen and oxygen atoms in total. The van der Waals surface area contributed by atoms with E-state index < -0.39 is 15.8 Å². The minimum absolute atomic E-state index is 0.0147. The minimum atomic E-state index is -3.89. The number of carbonyl (C=O) groups excluding carboxylic acids is 1. The van der Waals surface area contributed by atoms with Crippen LogP contribution in [0.15, 0.2) is 59.5 Å². The van der Waals surface area contributed by atoms with Gasteiger partial charge in [-0.05, 0) is 25.0 Å². The molecule has 1 atom stereocenters. The zero-order valence-electron chi connectivity index (χ0n) is 16.1. The number of amides is 1. The molecule has 2 aromatic carbocycles. The molecule has 1 amide bonds. The van der Waals surface area contributed by atoms with Crippen molar-refractivity contribution < 1.29 is 22.5 Å². The predicted octanol–water partition coefficient (Wildman–Crippen LogP) is 0.735. The van der Waals surface area contributed by atoms with E-state index in [9.17, 15) is 17.6 Å². The van der Waals surface area contributed by atoms with Gasteiger partial charge in [0.05, 0.1) is 26.2 Å². The van der Waals surface area contributed by atoms with Gasteiger partial charge >= 0.3 is 0 Å². The van der Waals surface area contributed by atoms with Gasteiger partial charge in [-0.3, -0.25) is 4.79 Å². The second-order valence-corrected chi connectivity index (χ2v) is 9.53. The number of hydrogen-bond donors (Lipinski definition) is 2. The molecule has 2 N–H and O–H groups in total. The van der Waals surface area contributed by atoms with Crippen molar-refractivity contribution in [3.05, 3.63) is 66.0 Å². The highest BCUT2D eigenvalue weighted by Crippen LogP contribution is 2.21. The number of nitrogens with zero attached hydrogens (tertiary/aromatic N) is 1. The number of hydrogen-bond acceptors (Lipinski definition) is 3. The summed E-state index contributed by atoms with van der Waals surface area (Å²) in [7, 11) is -3.89. The fourth-order valence-corrected chi connectivity index (χ4v) is 5.33. The Labute approximate surface area is 170 Å². The van der Waals surface area contributed by atoms with Gasteiger partial charge in [-0.25, -0.2) is 12.8 Å². The first kappa shape index (κ1) is 20.0. The zero-order valence-corrected chi connectivity index (χ0v) is 16.9. The van der Waals surface area contributed by atoms with Crippen LogP contribution in [0.4, 0.5) is 4.39 Å². The SMILES string of the molecule is O=C(NC1CC1)[C@@H](c1ccccc1)[NH+]1CCN(S(=O)(=O)c2ccccc2F)CC1. The van der Waals surface area contributed by atoms with Gasteiger partial charge in [-0.1, -0.05) is 42.5 Å². The molecule has 0 radical (unpaired) electrons. The quantitative estimate of drug-likeness (QED) is 0.727. The van der Waals surface area contributed by atoms with E-state index in [-0.39, 0.29) is 36.0 Å². The van der Waals surface area contributed by atoms with E-state index in [1.54, 1.807) is 0 Å². The summed E-state index contributed by atoms with van der Waals surface area (Å²) in [5.74, 6) is -0.757. The zero-order chi connectivity index (χ0) is 20.4. The highest BCUT2D eigenvalue weighted by atomic mass is 32.2. The highest BCUT2D eigenvalue weighted by Gasteiger charge is 2.39. The average molecular weight is 419 g/mol. The van der Waals surface area contributed by atoms with E-state index in [0.29, 0.717) is 13.1 Å². The molecule has 29 heavy (non-hydrogen) atoms. The van der Waals surface area contributed by atoms with Crippen LogP contribution < -0.4 is 10.2 Å². The Morgan fingerprint density at radius 3 is 2.28 bits per heavy atom. The fourth-order valence-electron chi connectivity index (χ4n) is 3.83. The van der Waals surface area contributed by atoms with E-state index in [1.807, 2.05) is 30.3 Å². The molecule has 1 saturated heterocycles. The molecule has 2 aliphatic rings. The topological polar surface area (TPSA) is 70.9 Å². The number of halogens is 1. The van der Waals surface area contributed by atoms with Crippen molar-refractivity contribution >= 4 is 15.9 Å². The summed E-state index contributed by atoms with van der Waals surface area (Å²) in [6, 6.07) is 14.9.